The fraction of sp³-hybridized carbons (Fsp3) is 0.973. The number of epoxide rings is 12. The van der Waals surface area contributed by atoms with Crippen molar-refractivity contribution in [3.05, 3.63) is 19.3 Å². The fourth-order valence-electron chi connectivity index (χ4n) is 20.7. The van der Waals surface area contributed by atoms with E-state index in [0.29, 0.717) is 142 Å². The first-order valence-corrected chi connectivity index (χ1v) is 57.7. The Balaban J connectivity index is 0.000000136. The molecule has 20 fully saturated rings. The summed E-state index contributed by atoms with van der Waals surface area (Å²) in [4.78, 5) is 0. The Morgan fingerprint density at radius 2 is 0.333 bits per heavy atom. The molecule has 8 saturated carbocycles. The first-order chi connectivity index (χ1) is 71.1. The molecule has 13 atom stereocenters. The molecule has 0 aromatic heterocycles. The molecule has 32 nitrogen and oxygen atoms in total. The Labute approximate surface area is 864 Å². The van der Waals surface area contributed by atoms with Crippen LogP contribution in [0, 0.1) is 114 Å². The summed E-state index contributed by atoms with van der Waals surface area (Å²) in [5, 5.41) is 26.8. The van der Waals surface area contributed by atoms with Crippen molar-refractivity contribution >= 4 is 0 Å². The smallest absolute Gasteiger partial charge is 0.248 e. The van der Waals surface area contributed by atoms with Crippen LogP contribution in [0.15, 0.2) is 0 Å². The summed E-state index contributed by atoms with van der Waals surface area (Å²) in [5.41, 5.74) is 0. The molecule has 144 heavy (non-hydrogen) atoms. The molecule has 12 aliphatic heterocycles. The Morgan fingerprint density at radius 3 is 0.479 bits per heavy atom. The van der Waals surface area contributed by atoms with Crippen molar-refractivity contribution in [2.75, 3.05) is 317 Å². The van der Waals surface area contributed by atoms with Crippen LogP contribution in [0.1, 0.15) is 205 Å². The van der Waals surface area contributed by atoms with Crippen molar-refractivity contribution in [1.82, 2.24) is 0 Å². The van der Waals surface area contributed by atoms with Gasteiger partial charge in [0.1, 0.15) is 99.1 Å². The van der Waals surface area contributed by atoms with Crippen LogP contribution >= 0.6 is 0 Å². The van der Waals surface area contributed by atoms with Gasteiger partial charge in [0.25, 0.3) is 0 Å². The van der Waals surface area contributed by atoms with Crippen molar-refractivity contribution < 1.29 is 153 Å². The third-order valence-electron chi connectivity index (χ3n) is 31.8. The van der Waals surface area contributed by atoms with E-state index in [9.17, 15) is 5.11 Å². The van der Waals surface area contributed by atoms with Crippen LogP contribution in [0.4, 0.5) is 0 Å². The Morgan fingerprint density at radius 1 is 0.188 bits per heavy atom. The minimum absolute atomic E-state index is 0.0237. The number of rotatable bonds is 70. The highest BCUT2D eigenvalue weighted by Crippen LogP contribution is 2.38. The molecule has 0 radical (unpaired) electrons. The first kappa shape index (κ1) is 118. The Hall–Kier alpha value is -1.67. The molecule has 12 heterocycles. The summed E-state index contributed by atoms with van der Waals surface area (Å²) in [5.74, 6) is 11.5. The van der Waals surface area contributed by atoms with Gasteiger partial charge >= 0.3 is 0 Å². The molecule has 0 bridgehead atoms. The molecule has 32 heteroatoms. The second-order valence-electron chi connectivity index (χ2n) is 45.6. The Kier molecular flexibility index (Phi) is 58.5. The normalized spacial score (nSPS) is 35.4. The van der Waals surface area contributed by atoms with Gasteiger partial charge in [0, 0.05) is 85.9 Å². The monoisotopic (exact) mass is 2050 g/mol. The van der Waals surface area contributed by atoms with Crippen LogP contribution in [0.25, 0.3) is 0 Å². The fourth-order valence-corrected chi connectivity index (χ4v) is 20.7. The lowest BCUT2D eigenvalue weighted by atomic mass is 9.83. The van der Waals surface area contributed by atoms with E-state index in [2.05, 4.69) is 4.74 Å². The highest BCUT2D eigenvalue weighted by atomic mass is 16.7. The zero-order valence-corrected chi connectivity index (χ0v) is 88.3. The van der Waals surface area contributed by atoms with E-state index in [4.69, 9.17) is 143 Å². The van der Waals surface area contributed by atoms with Gasteiger partial charge in [-0.25, -0.2) is 0 Å². The summed E-state index contributed by atoms with van der Waals surface area (Å²) >= 11 is 0. The van der Waals surface area contributed by atoms with E-state index in [1.54, 1.807) is 12.8 Å². The zero-order chi connectivity index (χ0) is 98.9. The highest BCUT2D eigenvalue weighted by Gasteiger charge is 2.38. The van der Waals surface area contributed by atoms with E-state index >= 15 is 0 Å². The molecule has 0 spiro atoms. The van der Waals surface area contributed by atoms with Crippen LogP contribution < -0.4 is 0 Å². The average Bonchev–Trinajstić information content (AvgIpc) is 1.80. The van der Waals surface area contributed by atoms with Crippen molar-refractivity contribution in [3.63, 3.8) is 0 Å². The number of aliphatic hydroxyl groups is 5. The summed E-state index contributed by atoms with van der Waals surface area (Å²) < 4.78 is 158. The van der Waals surface area contributed by atoms with Crippen LogP contribution in [0.5, 0.6) is 0 Å². The third-order valence-corrected chi connectivity index (χ3v) is 31.8. The maximum Gasteiger partial charge on any atom is 0.248 e. The minimum Gasteiger partial charge on any atom is -0.418 e. The second-order valence-corrected chi connectivity index (χ2v) is 45.6. The van der Waals surface area contributed by atoms with E-state index in [0.717, 1.165) is 323 Å². The van der Waals surface area contributed by atoms with Gasteiger partial charge in [-0.05, 0) is 300 Å². The molecule has 0 amide bonds. The van der Waals surface area contributed by atoms with E-state index in [1.165, 1.54) is 205 Å². The molecule has 8 aliphatic carbocycles. The highest BCUT2D eigenvalue weighted by molar-refractivity contribution is 4.85. The minimum atomic E-state index is -0.278. The van der Waals surface area contributed by atoms with Gasteiger partial charge < -0.3 is 153 Å². The zero-order valence-electron chi connectivity index (χ0n) is 88.3. The molecule has 20 rings (SSSR count). The predicted molar refractivity (Wildman–Crippen MR) is 539 cm³/mol. The third kappa shape index (κ3) is 58.8. The standard InChI is InChI=1S/C28H49O8.4C14H24O4.2C14H25O4/c29-12-26(17-31-14-23-6-8-25(9-7-23)16-33-19-28-21-36-28)34-11-1-10-30-13-22-2-4-24(5-3-22)15-32-18-27-20-35-27;4*1-2-12(6-16-8-14-10-18-14)4-3-11(1)5-15-7-13-9-17-13;2*15-6-1-7-16-8-12-2-4-13(5-3-12)9-17-10-14-11-18-14/h1,22-29H,2-21H2;4*11-14H,1-10H2;2*1,12-15H,2-11H2/q+1;;;;;2*+1/p+1. The number of hydrogen-bond donors (Lipinski definition) is 3. The van der Waals surface area contributed by atoms with Crippen LogP contribution in [-0.2, 0) is 133 Å². The van der Waals surface area contributed by atoms with Crippen LogP contribution in [0.2, 0.25) is 0 Å². The molecule has 0 aromatic rings. The summed E-state index contributed by atoms with van der Waals surface area (Å²) in [6.45, 7) is 37.3. The largest absolute Gasteiger partial charge is 0.418 e. The van der Waals surface area contributed by atoms with Gasteiger partial charge in [0.05, 0.1) is 178 Å². The van der Waals surface area contributed by atoms with Crippen molar-refractivity contribution in [2.24, 2.45) is 94.7 Å². The SMILES string of the molecule is C1CC(COCC2CO2)CCC1COCC1CO1.C1CC(COCC2CO2)CCC1COCC1CO1.C1CC(COCC2CO2)CCC1COCC1CO1.C1CC(COCC2C[OH+]2)CCC1COCC1CO1.OCC(COCC1CCC(COCC2CO2)CC1)OC[CH+]COCC1CCC(COCC2CO2)CC1.OC[CH+]COCC1CCC(COCC2CO2)CC1.OC[CH+]COCC1CCC(COCC2CO2)CC1. The van der Waals surface area contributed by atoms with Gasteiger partial charge in [-0.3, -0.25) is 0 Å². The van der Waals surface area contributed by atoms with Gasteiger partial charge in [-0.2, -0.15) is 0 Å². The Bertz CT molecular complexity index is 2680. The summed E-state index contributed by atoms with van der Waals surface area (Å²) in [6.07, 6.45) is 50.4. The molecule has 12 saturated heterocycles. The predicted octanol–water partition coefficient (Wildman–Crippen LogP) is 11.9. The lowest BCUT2D eigenvalue weighted by molar-refractivity contribution is -0.0484. The lowest BCUT2D eigenvalue weighted by Crippen LogP contribution is -2.28. The van der Waals surface area contributed by atoms with E-state index in [-0.39, 0.29) is 25.9 Å². The van der Waals surface area contributed by atoms with E-state index < -0.39 is 0 Å². The van der Waals surface area contributed by atoms with Gasteiger partial charge in [0.2, 0.25) is 12.7 Å². The maximum atomic E-state index is 9.61. The molecule has 0 aromatic carbocycles. The quantitative estimate of drug-likeness (QED) is 0.0220. The molecular weight excluding hydrogens is 1860 g/mol. The topological polar surface area (TPSA) is 368 Å². The lowest BCUT2D eigenvalue weighted by Gasteiger charge is -2.28. The second kappa shape index (κ2) is 71.5. The van der Waals surface area contributed by atoms with E-state index in [1.807, 2.05) is 6.42 Å². The maximum absolute atomic E-state index is 9.61. The molecule has 20 aliphatic rings. The van der Waals surface area contributed by atoms with Crippen LogP contribution in [0.3, 0.4) is 0 Å². The molecule has 832 valence electrons. The first-order valence-electron chi connectivity index (χ1n) is 57.7. The van der Waals surface area contributed by atoms with Crippen molar-refractivity contribution in [1.29, 1.82) is 0 Å². The number of ether oxygens (including phenoxy) is 29. The number of aliphatic hydroxyl groups excluding tert-OH is 3. The average molecular weight is 2050 g/mol. The summed E-state index contributed by atoms with van der Waals surface area (Å²) in [6, 6.07) is 0. The van der Waals surface area contributed by atoms with Gasteiger partial charge in [-0.15, -0.1) is 0 Å². The molecular formula is C112H196O32+4. The van der Waals surface area contributed by atoms with Crippen molar-refractivity contribution in [3.8, 4) is 0 Å². The molecule has 4 N–H and O–H groups in total. The van der Waals surface area contributed by atoms with Crippen molar-refractivity contribution in [2.45, 2.75) is 285 Å². The number of hydrogen-bond acceptors (Lipinski definition) is 31. The molecule has 13 unspecified atom stereocenters. The summed E-state index contributed by atoms with van der Waals surface area (Å²) in [7, 11) is 0. The van der Waals surface area contributed by atoms with Crippen LogP contribution in [-0.4, -0.2) is 417 Å². The van der Waals surface area contributed by atoms with Gasteiger partial charge in [-0.1, -0.05) is 0 Å². The van der Waals surface area contributed by atoms with Gasteiger partial charge in [0.15, 0.2) is 39.6 Å².